The van der Waals surface area contributed by atoms with E-state index in [1.807, 2.05) is 17.8 Å². The Morgan fingerprint density at radius 1 is 1.33 bits per heavy atom. The summed E-state index contributed by atoms with van der Waals surface area (Å²) in [4.78, 5) is 13.5. The third-order valence-corrected chi connectivity index (χ3v) is 6.09. The van der Waals surface area contributed by atoms with Crippen LogP contribution in [0, 0.1) is 6.92 Å². The second kappa shape index (κ2) is 8.88. The van der Waals surface area contributed by atoms with Gasteiger partial charge in [0.2, 0.25) is 5.91 Å². The summed E-state index contributed by atoms with van der Waals surface area (Å²) in [7, 11) is 0. The summed E-state index contributed by atoms with van der Waals surface area (Å²) in [5.74, 6) is 0.0498. The summed E-state index contributed by atoms with van der Waals surface area (Å²) in [6.07, 6.45) is 7.24. The predicted molar refractivity (Wildman–Crippen MR) is 99.8 cm³/mol. The third kappa shape index (κ3) is 5.23. The van der Waals surface area contributed by atoms with Gasteiger partial charge in [0.25, 0.3) is 0 Å². The number of rotatable bonds is 5. The molecular formula is C19H28N2O2S. The number of amides is 1. The summed E-state index contributed by atoms with van der Waals surface area (Å²) in [5.41, 5.74) is 2.06. The van der Waals surface area contributed by atoms with E-state index < -0.39 is 0 Å². The molecule has 1 aromatic carbocycles. The van der Waals surface area contributed by atoms with Gasteiger partial charge in [-0.2, -0.15) is 0 Å². The van der Waals surface area contributed by atoms with Crippen molar-refractivity contribution in [1.29, 1.82) is 0 Å². The van der Waals surface area contributed by atoms with Crippen LogP contribution in [0.4, 0.5) is 5.69 Å². The summed E-state index contributed by atoms with van der Waals surface area (Å²) < 4.78 is 5.40. The molecule has 0 radical (unpaired) electrons. The Labute approximate surface area is 149 Å². The minimum atomic E-state index is 0.0498. The molecule has 1 heterocycles. The number of carbonyl (C=O) groups excluding carboxylic acids is 1. The minimum absolute atomic E-state index is 0.0498. The highest BCUT2D eigenvalue weighted by atomic mass is 32.2. The van der Waals surface area contributed by atoms with Crippen LogP contribution in [-0.2, 0) is 9.53 Å². The number of hydrogen-bond donors (Lipinski definition) is 2. The summed E-state index contributed by atoms with van der Waals surface area (Å²) in [5, 5.41) is 7.12. The van der Waals surface area contributed by atoms with Crippen LogP contribution in [0.5, 0.6) is 0 Å². The smallest absolute Gasteiger partial charge is 0.226 e. The Hall–Kier alpha value is -1.04. The van der Waals surface area contributed by atoms with Crippen LogP contribution in [0.1, 0.15) is 44.1 Å². The van der Waals surface area contributed by atoms with Crippen molar-refractivity contribution in [1.82, 2.24) is 5.32 Å². The zero-order valence-electron chi connectivity index (χ0n) is 14.5. The van der Waals surface area contributed by atoms with Crippen molar-refractivity contribution in [3.8, 4) is 0 Å². The number of aryl methyl sites for hydroxylation is 1. The second-order valence-corrected chi connectivity index (χ2v) is 8.21. The molecule has 1 aliphatic carbocycles. The highest BCUT2D eigenvalue weighted by molar-refractivity contribution is 8.00. The maximum Gasteiger partial charge on any atom is 0.226 e. The van der Waals surface area contributed by atoms with Gasteiger partial charge in [-0.1, -0.05) is 19.3 Å². The highest BCUT2D eigenvalue weighted by Gasteiger charge is 2.18. The molecule has 2 fully saturated rings. The van der Waals surface area contributed by atoms with E-state index in [0.29, 0.717) is 13.0 Å². The maximum atomic E-state index is 12.2. The van der Waals surface area contributed by atoms with Crippen molar-refractivity contribution >= 4 is 23.4 Å². The van der Waals surface area contributed by atoms with Crippen LogP contribution in [0.3, 0.4) is 0 Å². The standard InChI is InChI=1S/C19H28N2O2S/c1-14-11-17(24-16-5-3-2-4-6-16)7-8-18(14)21-19(22)12-15-13-23-10-9-20-15/h7-8,11,15-16,20H,2-6,9-10,12-13H2,1H3,(H,21,22). The molecular weight excluding hydrogens is 320 g/mol. The number of morpholine rings is 1. The van der Waals surface area contributed by atoms with Gasteiger partial charge in [-0.05, 0) is 43.5 Å². The topological polar surface area (TPSA) is 50.4 Å². The molecule has 1 unspecified atom stereocenters. The first-order valence-corrected chi connectivity index (χ1v) is 9.97. The summed E-state index contributed by atoms with van der Waals surface area (Å²) in [6, 6.07) is 6.52. The van der Waals surface area contributed by atoms with Crippen LogP contribution in [0.2, 0.25) is 0 Å². The monoisotopic (exact) mass is 348 g/mol. The molecule has 1 saturated heterocycles. The Morgan fingerprint density at radius 2 is 2.17 bits per heavy atom. The van der Waals surface area contributed by atoms with Gasteiger partial charge in [-0.25, -0.2) is 0 Å². The minimum Gasteiger partial charge on any atom is -0.378 e. The first-order valence-electron chi connectivity index (χ1n) is 9.09. The normalized spacial score (nSPS) is 22.3. The lowest BCUT2D eigenvalue weighted by Crippen LogP contribution is -2.43. The lowest BCUT2D eigenvalue weighted by molar-refractivity contribution is -0.117. The fourth-order valence-electron chi connectivity index (χ4n) is 3.40. The number of hydrogen-bond acceptors (Lipinski definition) is 4. The number of carbonyl (C=O) groups is 1. The number of nitrogens with one attached hydrogen (secondary N) is 2. The van der Waals surface area contributed by atoms with Gasteiger partial charge >= 0.3 is 0 Å². The Bertz CT molecular complexity index is 552. The molecule has 1 atom stereocenters. The molecule has 4 nitrogen and oxygen atoms in total. The zero-order chi connectivity index (χ0) is 16.8. The Balaban J connectivity index is 1.52. The van der Waals surface area contributed by atoms with E-state index in [-0.39, 0.29) is 11.9 Å². The molecule has 1 amide bonds. The summed E-state index contributed by atoms with van der Waals surface area (Å²) >= 11 is 2.00. The van der Waals surface area contributed by atoms with Gasteiger partial charge in [0.05, 0.1) is 13.2 Å². The van der Waals surface area contributed by atoms with E-state index in [1.54, 1.807) is 0 Å². The SMILES string of the molecule is Cc1cc(SC2CCCCC2)ccc1NC(=O)CC1COCCN1. The molecule has 1 aliphatic heterocycles. The Morgan fingerprint density at radius 3 is 2.88 bits per heavy atom. The van der Waals surface area contributed by atoms with Crippen LogP contribution < -0.4 is 10.6 Å². The van der Waals surface area contributed by atoms with Gasteiger partial charge in [0, 0.05) is 34.8 Å². The third-order valence-electron chi connectivity index (χ3n) is 4.76. The van der Waals surface area contributed by atoms with E-state index in [9.17, 15) is 4.79 Å². The molecule has 1 saturated carbocycles. The van der Waals surface area contributed by atoms with Gasteiger partial charge in [-0.3, -0.25) is 4.79 Å². The number of ether oxygens (including phenoxy) is 1. The molecule has 132 valence electrons. The largest absolute Gasteiger partial charge is 0.378 e. The Kier molecular flexibility index (Phi) is 6.58. The van der Waals surface area contributed by atoms with Gasteiger partial charge < -0.3 is 15.4 Å². The highest BCUT2D eigenvalue weighted by Crippen LogP contribution is 2.34. The van der Waals surface area contributed by atoms with Crippen molar-refractivity contribution in [2.45, 2.75) is 61.6 Å². The lowest BCUT2D eigenvalue weighted by Gasteiger charge is -2.23. The van der Waals surface area contributed by atoms with E-state index in [2.05, 4.69) is 29.7 Å². The molecule has 0 spiro atoms. The van der Waals surface area contributed by atoms with Crippen LogP contribution in [0.25, 0.3) is 0 Å². The van der Waals surface area contributed by atoms with Crippen molar-refractivity contribution < 1.29 is 9.53 Å². The predicted octanol–water partition coefficient (Wildman–Crippen LogP) is 3.74. The first-order chi connectivity index (χ1) is 11.7. The molecule has 2 aliphatic rings. The van der Waals surface area contributed by atoms with Crippen LogP contribution >= 0.6 is 11.8 Å². The number of anilines is 1. The molecule has 0 bridgehead atoms. The van der Waals surface area contributed by atoms with E-state index >= 15 is 0 Å². The van der Waals surface area contributed by atoms with Crippen LogP contribution in [-0.4, -0.2) is 37.0 Å². The zero-order valence-corrected chi connectivity index (χ0v) is 15.3. The molecule has 3 rings (SSSR count). The van der Waals surface area contributed by atoms with E-state index in [1.165, 1.54) is 37.0 Å². The average Bonchev–Trinajstić information content (AvgIpc) is 2.59. The molecule has 0 aromatic heterocycles. The van der Waals surface area contributed by atoms with E-state index in [4.69, 9.17) is 4.74 Å². The summed E-state index contributed by atoms with van der Waals surface area (Å²) in [6.45, 7) is 4.24. The van der Waals surface area contributed by atoms with Crippen molar-refractivity contribution in [2.75, 3.05) is 25.1 Å². The lowest BCUT2D eigenvalue weighted by atomic mass is 10.0. The van der Waals surface area contributed by atoms with Gasteiger partial charge in [0.15, 0.2) is 0 Å². The van der Waals surface area contributed by atoms with Gasteiger partial charge in [-0.15, -0.1) is 11.8 Å². The first kappa shape index (κ1) is 17.8. The second-order valence-electron chi connectivity index (χ2n) is 6.83. The number of thioether (sulfide) groups is 1. The fraction of sp³-hybridized carbons (Fsp3) is 0.632. The molecule has 1 aromatic rings. The van der Waals surface area contributed by atoms with Gasteiger partial charge in [0.1, 0.15) is 0 Å². The maximum absolute atomic E-state index is 12.2. The molecule has 24 heavy (non-hydrogen) atoms. The quantitative estimate of drug-likeness (QED) is 0.851. The molecule has 2 N–H and O–H groups in total. The average molecular weight is 349 g/mol. The van der Waals surface area contributed by atoms with Crippen molar-refractivity contribution in [3.05, 3.63) is 23.8 Å². The molecule has 5 heteroatoms. The van der Waals surface area contributed by atoms with E-state index in [0.717, 1.165) is 29.7 Å². The number of benzene rings is 1. The van der Waals surface area contributed by atoms with Crippen LogP contribution in [0.15, 0.2) is 23.1 Å². The van der Waals surface area contributed by atoms with Crippen molar-refractivity contribution in [2.24, 2.45) is 0 Å². The fourth-order valence-corrected chi connectivity index (χ4v) is 4.75. The van der Waals surface area contributed by atoms with Crippen molar-refractivity contribution in [3.63, 3.8) is 0 Å².